The van der Waals surface area contributed by atoms with E-state index in [2.05, 4.69) is 103 Å². The van der Waals surface area contributed by atoms with E-state index < -0.39 is 269 Å². The topological polar surface area (TPSA) is 643 Å². The van der Waals surface area contributed by atoms with Gasteiger partial charge in [0.2, 0.25) is 100 Å². The number of hydrogen-bond acceptors (Lipinski definition) is 24. The van der Waals surface area contributed by atoms with E-state index >= 15 is 0 Å². The zero-order chi connectivity index (χ0) is 99.3. The summed E-state index contributed by atoms with van der Waals surface area (Å²) in [4.78, 5) is 276. The highest BCUT2D eigenvalue weighted by Crippen LogP contribution is 2.22. The van der Waals surface area contributed by atoms with Crippen LogP contribution in [0.15, 0.2) is 53.9 Å². The van der Waals surface area contributed by atoms with Gasteiger partial charge in [-0.3, -0.25) is 91.1 Å². The van der Waals surface area contributed by atoms with Crippen LogP contribution in [-0.2, 0) is 107 Å². The number of carbonyl (C=O) groups is 20. The van der Waals surface area contributed by atoms with Gasteiger partial charge in [-0.2, -0.15) is 0 Å². The van der Waals surface area contributed by atoms with Gasteiger partial charge in [0.25, 0.3) is 11.8 Å². The zero-order valence-electron chi connectivity index (χ0n) is 79.2. The Kier molecular flexibility index (Phi) is 47.7. The number of rotatable bonds is 45. The first kappa shape index (κ1) is 113. The number of nitrogens with zero attached hydrogens (tertiary/aromatic N) is 1. The average Bonchev–Trinajstić information content (AvgIpc) is 1.77. The Bertz CT molecular complexity index is 4230. The first-order chi connectivity index (χ1) is 61.3. The summed E-state index contributed by atoms with van der Waals surface area (Å²) in [5.74, 6) is -19.5. The summed E-state index contributed by atoms with van der Waals surface area (Å²) in [6.45, 7) is 30.6. The van der Waals surface area contributed by atoms with Crippen molar-refractivity contribution in [2.24, 2.45) is 35.1 Å². The minimum atomic E-state index is -1.85. The Hall–Kier alpha value is -12.0. The molecule has 2 heterocycles. The van der Waals surface area contributed by atoms with Gasteiger partial charge in [0.15, 0.2) is 0 Å². The zero-order valence-corrected chi connectivity index (χ0v) is 79.2. The summed E-state index contributed by atoms with van der Waals surface area (Å²) in [6, 6.07) is -15.7. The van der Waals surface area contributed by atoms with Crippen molar-refractivity contribution in [3.63, 3.8) is 0 Å². The lowest BCUT2D eigenvalue weighted by Gasteiger charge is -2.31. The van der Waals surface area contributed by atoms with Crippen LogP contribution in [0.25, 0.3) is 0 Å². The predicted octanol–water partition coefficient (Wildman–Crippen LogP) is -3.45. The monoisotopic (exact) mass is 1850 g/mol. The Morgan fingerprint density at radius 3 is 1.44 bits per heavy atom. The summed E-state index contributed by atoms with van der Waals surface area (Å²) in [7, 11) is 0. The molecular weight excluding hydrogens is 1700 g/mol. The molecule has 43 nitrogen and oxygen atoms in total. The highest BCUT2D eigenvalue weighted by Gasteiger charge is 2.43. The second kappa shape index (κ2) is 55.2. The lowest BCUT2D eigenvalue weighted by Crippen LogP contribution is -2.65. The molecule has 2 saturated heterocycles. The molecule has 0 bridgehead atoms. The lowest BCUT2D eigenvalue weighted by atomic mass is 10.0. The van der Waals surface area contributed by atoms with E-state index in [1.165, 1.54) is 87.1 Å². The maximum atomic E-state index is 14.3. The third-order valence-electron chi connectivity index (χ3n) is 21.7. The molecule has 0 radical (unpaired) electrons. The van der Waals surface area contributed by atoms with E-state index in [4.69, 9.17) is 16.2 Å². The molecule has 19 amide bonds. The average molecular weight is 1850 g/mol. The standard InChI is InChI=1S/C88H143N21O22/c1-22-25-26-27-31-35-57(110)40-63(111)99-59(24-3)87(129)109-37-32-36-62(109)80(122)101-60(38-42(4)5)79(121)96-51(17)73(115)94-49(15)71(113)93-50(16)72(114)95-52(18)75(117)103-65(43(6)7)81(123)91-41-64(112)92-48(14)74(116)104-66(44(8)9)82(124)97-53(19)76(118)105-67(45(10)11)83(125)100-58(23-2)78(120)108-70-55(21)131-88(130)61(39-56-33-29-28-30-34-56)102-84(126)68(46(12)89)107-85(127)69(47(13)90)106-77(119)54(20)98-86(70)128/h23-24,28-30,33-34,42-55,57,60-62,65-70,110H,22,25-27,31-32,35-41,89-90H2,1-21H3,(H,91,123)(H,92,112)(H,93,113)(H,94,115)(H,95,114)(H,96,121)(H,97,124)(H,98,128)(H,99,111)(H,100,125)(H,101,122)(H,102,126)(H,103,117)(H,104,116)(H,105,118)(H,106,119)(H,107,127)(H,108,120). The van der Waals surface area contributed by atoms with Gasteiger partial charge in [-0.25, -0.2) is 4.79 Å². The normalized spacial score (nSPS) is 20.7. The second-order valence-corrected chi connectivity index (χ2v) is 35.0. The van der Waals surface area contributed by atoms with E-state index in [0.717, 1.165) is 38.2 Å². The fourth-order valence-electron chi connectivity index (χ4n) is 13.7. The molecule has 732 valence electrons. The Labute approximate surface area is 765 Å². The van der Waals surface area contributed by atoms with Gasteiger partial charge >= 0.3 is 5.97 Å². The van der Waals surface area contributed by atoms with Gasteiger partial charge in [-0.15, -0.1) is 0 Å². The van der Waals surface area contributed by atoms with E-state index in [9.17, 15) is 101 Å². The van der Waals surface area contributed by atoms with E-state index in [1.807, 2.05) is 13.8 Å². The summed E-state index contributed by atoms with van der Waals surface area (Å²) < 4.78 is 5.78. The highest BCUT2D eigenvalue weighted by atomic mass is 16.5. The molecule has 0 saturated carbocycles. The molecule has 43 heteroatoms. The van der Waals surface area contributed by atoms with Gasteiger partial charge in [0, 0.05) is 25.0 Å². The number of likely N-dealkylation sites (tertiary alicyclic amines) is 1. The van der Waals surface area contributed by atoms with E-state index in [-0.39, 0.29) is 43.8 Å². The maximum absolute atomic E-state index is 14.3. The van der Waals surface area contributed by atoms with Crippen LogP contribution in [0.3, 0.4) is 0 Å². The number of allylic oxidation sites excluding steroid dienone is 2. The number of cyclic esters (lactones) is 1. The third kappa shape index (κ3) is 37.4. The summed E-state index contributed by atoms with van der Waals surface area (Å²) in [5, 5.41) is 55.4. The molecule has 3 rings (SSSR count). The molecule has 2 aliphatic rings. The quantitative estimate of drug-likeness (QED) is 0.0172. The van der Waals surface area contributed by atoms with Crippen LogP contribution in [0.5, 0.6) is 0 Å². The molecular formula is C88H143N21O22. The fraction of sp³-hybridized carbons (Fsp3) is 0.659. The van der Waals surface area contributed by atoms with Crippen molar-refractivity contribution in [1.82, 2.24) is 101 Å². The number of amides is 19. The number of hydrogen-bond donors (Lipinski definition) is 21. The van der Waals surface area contributed by atoms with Crippen molar-refractivity contribution in [2.45, 2.75) is 337 Å². The van der Waals surface area contributed by atoms with Crippen molar-refractivity contribution in [1.29, 1.82) is 0 Å². The van der Waals surface area contributed by atoms with Gasteiger partial charge in [-0.1, -0.05) is 137 Å². The largest absolute Gasteiger partial charge is 0.458 e. The summed E-state index contributed by atoms with van der Waals surface area (Å²) >= 11 is 0. The van der Waals surface area contributed by atoms with Gasteiger partial charge in [0.05, 0.1) is 19.1 Å². The molecule has 20 atom stereocenters. The molecule has 0 aromatic heterocycles. The van der Waals surface area contributed by atoms with Crippen molar-refractivity contribution in [2.75, 3.05) is 13.1 Å². The number of benzene rings is 1. The minimum Gasteiger partial charge on any atom is -0.458 e. The van der Waals surface area contributed by atoms with Crippen molar-refractivity contribution in [3.8, 4) is 0 Å². The van der Waals surface area contributed by atoms with E-state index in [0.29, 0.717) is 18.4 Å². The van der Waals surface area contributed by atoms with Crippen molar-refractivity contribution >= 4 is 118 Å². The molecule has 131 heavy (non-hydrogen) atoms. The molecule has 0 spiro atoms. The number of nitrogens with one attached hydrogen (secondary N) is 18. The molecule has 2 fully saturated rings. The van der Waals surface area contributed by atoms with Gasteiger partial charge in [0.1, 0.15) is 114 Å². The number of carbonyl (C=O) groups excluding carboxylic acids is 20. The lowest BCUT2D eigenvalue weighted by molar-refractivity contribution is -0.156. The van der Waals surface area contributed by atoms with Gasteiger partial charge < -0.3 is 122 Å². The minimum absolute atomic E-state index is 0.0658. The molecule has 23 N–H and O–H groups in total. The molecule has 20 unspecified atom stereocenters. The van der Waals surface area contributed by atoms with Crippen LogP contribution < -0.4 is 107 Å². The fourth-order valence-corrected chi connectivity index (χ4v) is 13.7. The number of aliphatic hydroxyl groups excluding tert-OH is 1. The van der Waals surface area contributed by atoms with Gasteiger partial charge in [-0.05, 0) is 138 Å². The predicted molar refractivity (Wildman–Crippen MR) is 481 cm³/mol. The Morgan fingerprint density at radius 1 is 0.504 bits per heavy atom. The van der Waals surface area contributed by atoms with Crippen LogP contribution in [0.4, 0.5) is 0 Å². The van der Waals surface area contributed by atoms with Crippen LogP contribution >= 0.6 is 0 Å². The van der Waals surface area contributed by atoms with E-state index in [1.54, 1.807) is 78.8 Å². The Morgan fingerprint density at radius 2 is 0.954 bits per heavy atom. The Balaban J connectivity index is 1.58. The number of esters is 1. The highest BCUT2D eigenvalue weighted by molar-refractivity contribution is 6.05. The van der Waals surface area contributed by atoms with Crippen LogP contribution in [0.2, 0.25) is 0 Å². The number of aliphatic hydroxyl groups is 1. The molecule has 1 aromatic rings. The molecule has 2 aliphatic heterocycles. The third-order valence-corrected chi connectivity index (χ3v) is 21.7. The molecule has 0 aliphatic carbocycles. The molecule has 1 aromatic carbocycles. The summed E-state index contributed by atoms with van der Waals surface area (Å²) in [6.07, 6.45) is 5.82. The maximum Gasteiger partial charge on any atom is 0.329 e. The number of nitrogens with two attached hydrogens (primary N) is 2. The smallest absolute Gasteiger partial charge is 0.329 e. The SMILES string of the molecule is CC=C(NC(=O)C(NC(=O)C(C)NC(=O)C(NC(=O)C(C)NC(=O)CNC(=O)C(NC(=O)C(C)NC(=O)C(C)NC(=O)C(C)NC(=O)C(C)NC(=O)C(CC(C)C)NC(=O)C1CCCN1C(=O)C(=CC)NC(=O)CC(O)CCCCCCC)C(C)C)C(C)C)C(C)C)C(=O)NC1C(=O)NC(C)C(=O)NC(C(C)N)C(=O)NC(C(C)N)C(=O)NC(Cc2ccccc2)C(=O)OC1C. The first-order valence-corrected chi connectivity index (χ1v) is 44.8. The van der Waals surface area contributed by atoms with Crippen molar-refractivity contribution in [3.05, 3.63) is 59.4 Å². The van der Waals surface area contributed by atoms with Crippen molar-refractivity contribution < 1.29 is 106 Å². The number of ether oxygens (including phenoxy) is 1. The summed E-state index contributed by atoms with van der Waals surface area (Å²) in [5.41, 5.74) is 12.3. The second-order valence-electron chi connectivity index (χ2n) is 35.0. The van der Waals surface area contributed by atoms with Crippen LogP contribution in [-0.4, -0.2) is 262 Å². The first-order valence-electron chi connectivity index (χ1n) is 44.8. The van der Waals surface area contributed by atoms with Crippen LogP contribution in [0, 0.1) is 23.7 Å². The number of unbranched alkanes of at least 4 members (excludes halogenated alkanes) is 4. The van der Waals surface area contributed by atoms with Crippen LogP contribution in [0.1, 0.15) is 215 Å².